The highest BCUT2D eigenvalue weighted by atomic mass is 32.2. The molecule has 0 aliphatic carbocycles. The van der Waals surface area contributed by atoms with Crippen molar-refractivity contribution in [3.63, 3.8) is 0 Å². The Labute approximate surface area is 203 Å². The van der Waals surface area contributed by atoms with E-state index in [9.17, 15) is 14.7 Å². The van der Waals surface area contributed by atoms with Crippen LogP contribution in [-0.4, -0.2) is 32.0 Å². The maximum absolute atomic E-state index is 13.2. The number of hydrogen-bond acceptors (Lipinski definition) is 8. The first kappa shape index (κ1) is 22.0. The molecular weight excluding hydrogens is 468 g/mol. The largest absolute Gasteiger partial charge is 0.507 e. The number of thioether (sulfide) groups is 1. The lowest BCUT2D eigenvalue weighted by Crippen LogP contribution is -2.29. The maximum atomic E-state index is 13.2. The van der Waals surface area contributed by atoms with E-state index in [1.165, 1.54) is 28.0 Å². The van der Waals surface area contributed by atoms with Gasteiger partial charge < -0.3 is 5.11 Å². The molecule has 2 aromatic carbocycles. The zero-order valence-electron chi connectivity index (χ0n) is 17.7. The van der Waals surface area contributed by atoms with Crippen molar-refractivity contribution in [2.45, 2.75) is 16.1 Å². The van der Waals surface area contributed by atoms with E-state index in [1.54, 1.807) is 48.8 Å². The van der Waals surface area contributed by atoms with Crippen molar-refractivity contribution in [3.05, 3.63) is 107 Å². The van der Waals surface area contributed by atoms with Gasteiger partial charge in [-0.05, 0) is 17.2 Å². The average Bonchev–Trinajstić information content (AvgIpc) is 3.46. The number of Topliss-reactive ketones (excluding diaryl/α,β-unsaturated/α-hetero) is 1. The second-order valence-electron chi connectivity index (χ2n) is 7.45. The third kappa shape index (κ3) is 4.23. The van der Waals surface area contributed by atoms with Gasteiger partial charge in [-0.25, -0.2) is 0 Å². The van der Waals surface area contributed by atoms with E-state index in [2.05, 4.69) is 15.2 Å². The topological polar surface area (TPSA) is 96.3 Å². The van der Waals surface area contributed by atoms with E-state index in [-0.39, 0.29) is 11.3 Å². The third-order valence-electron chi connectivity index (χ3n) is 5.30. The minimum Gasteiger partial charge on any atom is -0.507 e. The highest BCUT2D eigenvalue weighted by Gasteiger charge is 2.48. The first-order chi connectivity index (χ1) is 16.6. The van der Waals surface area contributed by atoms with Gasteiger partial charge >= 0.3 is 5.91 Å². The lowest BCUT2D eigenvalue weighted by molar-refractivity contribution is -0.132. The molecule has 3 heterocycles. The summed E-state index contributed by atoms with van der Waals surface area (Å²) in [5.74, 6) is -1.07. The second kappa shape index (κ2) is 9.58. The van der Waals surface area contributed by atoms with Crippen LogP contribution in [-0.2, 0) is 15.3 Å². The molecule has 1 aliphatic heterocycles. The predicted octanol–water partition coefficient (Wildman–Crippen LogP) is 4.85. The summed E-state index contributed by atoms with van der Waals surface area (Å²) in [6.45, 7) is 0. The maximum Gasteiger partial charge on any atom is 0.301 e. The van der Waals surface area contributed by atoms with Crippen molar-refractivity contribution in [1.29, 1.82) is 0 Å². The minimum atomic E-state index is -0.867. The van der Waals surface area contributed by atoms with Crippen LogP contribution in [0.25, 0.3) is 5.76 Å². The molecule has 9 heteroatoms. The predicted molar refractivity (Wildman–Crippen MR) is 131 cm³/mol. The number of carbonyl (C=O) groups excluding carboxylic acids is 2. The summed E-state index contributed by atoms with van der Waals surface area (Å²) >= 11 is 2.74. The molecule has 1 atom stereocenters. The molecule has 5 rings (SSSR count). The SMILES string of the molecule is O=C1C(=O)N(c2nnc(SCc3ccccc3)s2)[C@H](c2cccnc2)/C1=C(\O)c1ccccc1. The van der Waals surface area contributed by atoms with Gasteiger partial charge in [0.25, 0.3) is 5.78 Å². The van der Waals surface area contributed by atoms with Gasteiger partial charge in [0.05, 0.1) is 11.6 Å². The molecule has 4 aromatic rings. The van der Waals surface area contributed by atoms with Crippen LogP contribution in [0.15, 0.2) is 95.1 Å². The van der Waals surface area contributed by atoms with Crippen LogP contribution < -0.4 is 4.90 Å². The van der Waals surface area contributed by atoms with Crippen LogP contribution in [0.5, 0.6) is 0 Å². The Morgan fingerprint density at radius 2 is 1.71 bits per heavy atom. The molecule has 0 saturated carbocycles. The van der Waals surface area contributed by atoms with Crippen LogP contribution in [0.4, 0.5) is 5.13 Å². The van der Waals surface area contributed by atoms with Crippen LogP contribution >= 0.6 is 23.1 Å². The monoisotopic (exact) mass is 486 g/mol. The highest BCUT2D eigenvalue weighted by Crippen LogP contribution is 2.43. The number of nitrogens with zero attached hydrogens (tertiary/aromatic N) is 4. The summed E-state index contributed by atoms with van der Waals surface area (Å²) in [6, 6.07) is 21.3. The third-order valence-corrected chi connectivity index (χ3v) is 7.43. The standard InChI is InChI=1S/C25H18N4O3S2/c30-21(17-10-5-2-6-11-17)19-20(18-12-7-13-26-14-18)29(23(32)22(19)31)24-27-28-25(34-24)33-15-16-8-3-1-4-9-16/h1-14,20,30H,15H2/b21-19+/t20-/m1/s1. The number of aliphatic hydroxyl groups excluding tert-OH is 1. The molecule has 1 aliphatic rings. The van der Waals surface area contributed by atoms with Gasteiger partial charge in [-0.3, -0.25) is 19.5 Å². The van der Waals surface area contributed by atoms with Crippen LogP contribution in [0, 0.1) is 0 Å². The summed E-state index contributed by atoms with van der Waals surface area (Å²) in [4.78, 5) is 31.7. The molecule has 168 valence electrons. The zero-order valence-corrected chi connectivity index (χ0v) is 19.4. The van der Waals surface area contributed by atoms with Crippen molar-refractivity contribution >= 4 is 45.7 Å². The van der Waals surface area contributed by atoms with E-state index in [0.29, 0.717) is 26.4 Å². The van der Waals surface area contributed by atoms with Gasteiger partial charge in [0, 0.05) is 23.7 Å². The molecule has 1 N–H and O–H groups in total. The Morgan fingerprint density at radius 1 is 0.971 bits per heavy atom. The number of aromatic nitrogens is 3. The fraction of sp³-hybridized carbons (Fsp3) is 0.0800. The summed E-state index contributed by atoms with van der Waals surface area (Å²) in [7, 11) is 0. The van der Waals surface area contributed by atoms with Gasteiger partial charge in [-0.15, -0.1) is 10.2 Å². The van der Waals surface area contributed by atoms with Crippen molar-refractivity contribution in [3.8, 4) is 0 Å². The Balaban J connectivity index is 1.53. The zero-order chi connectivity index (χ0) is 23.5. The number of ketones is 1. The summed E-state index contributed by atoms with van der Waals surface area (Å²) in [5, 5.41) is 19.8. The Bertz CT molecular complexity index is 1360. The number of amides is 1. The second-order valence-corrected chi connectivity index (χ2v) is 9.62. The molecule has 34 heavy (non-hydrogen) atoms. The van der Waals surface area contributed by atoms with Crippen molar-refractivity contribution in [2.24, 2.45) is 0 Å². The molecular formula is C25H18N4O3S2. The number of hydrogen-bond donors (Lipinski definition) is 1. The van der Waals surface area contributed by atoms with E-state index < -0.39 is 17.7 Å². The first-order valence-corrected chi connectivity index (χ1v) is 12.2. The smallest absolute Gasteiger partial charge is 0.301 e. The fourth-order valence-corrected chi connectivity index (χ4v) is 5.54. The van der Waals surface area contributed by atoms with Gasteiger partial charge in [-0.1, -0.05) is 89.8 Å². The highest BCUT2D eigenvalue weighted by molar-refractivity contribution is 8.00. The molecule has 7 nitrogen and oxygen atoms in total. The average molecular weight is 487 g/mol. The van der Waals surface area contributed by atoms with Crippen molar-refractivity contribution in [2.75, 3.05) is 4.90 Å². The number of aliphatic hydroxyl groups is 1. The van der Waals surface area contributed by atoms with E-state index in [4.69, 9.17) is 0 Å². The van der Waals surface area contributed by atoms with Gasteiger partial charge in [0.1, 0.15) is 5.76 Å². The van der Waals surface area contributed by atoms with Gasteiger partial charge in [-0.2, -0.15) is 0 Å². The van der Waals surface area contributed by atoms with E-state index in [1.807, 2.05) is 36.4 Å². The molecule has 1 fully saturated rings. The van der Waals surface area contributed by atoms with E-state index in [0.717, 1.165) is 5.56 Å². The van der Waals surface area contributed by atoms with Gasteiger partial charge in [0.2, 0.25) is 5.13 Å². The molecule has 0 unspecified atom stereocenters. The summed E-state index contributed by atoms with van der Waals surface area (Å²) in [5.41, 5.74) is 2.18. The normalized spacial score (nSPS) is 17.3. The molecule has 0 radical (unpaired) electrons. The number of carbonyl (C=O) groups is 2. The Hall–Kier alpha value is -3.82. The number of anilines is 1. The number of pyridine rings is 1. The quantitative estimate of drug-likeness (QED) is 0.137. The van der Waals surface area contributed by atoms with Crippen molar-refractivity contribution < 1.29 is 14.7 Å². The lowest BCUT2D eigenvalue weighted by atomic mass is 9.96. The van der Waals surface area contributed by atoms with Crippen molar-refractivity contribution in [1.82, 2.24) is 15.2 Å². The summed E-state index contributed by atoms with van der Waals surface area (Å²) < 4.78 is 0.675. The fourth-order valence-electron chi connectivity index (χ4n) is 3.71. The first-order valence-electron chi connectivity index (χ1n) is 10.4. The molecule has 0 bridgehead atoms. The summed E-state index contributed by atoms with van der Waals surface area (Å²) in [6.07, 6.45) is 3.18. The molecule has 0 spiro atoms. The van der Waals surface area contributed by atoms with Crippen LogP contribution in [0.2, 0.25) is 0 Å². The minimum absolute atomic E-state index is 0.00195. The molecule has 1 saturated heterocycles. The lowest BCUT2D eigenvalue weighted by Gasteiger charge is -2.22. The molecule has 1 amide bonds. The van der Waals surface area contributed by atoms with E-state index >= 15 is 0 Å². The molecule has 2 aromatic heterocycles. The Morgan fingerprint density at radius 3 is 2.41 bits per heavy atom. The Kier molecular flexibility index (Phi) is 6.20. The van der Waals surface area contributed by atoms with Gasteiger partial charge in [0.15, 0.2) is 4.34 Å². The number of benzene rings is 2. The number of rotatable bonds is 6. The van der Waals surface area contributed by atoms with Crippen LogP contribution in [0.1, 0.15) is 22.7 Å². The van der Waals surface area contributed by atoms with Crippen LogP contribution in [0.3, 0.4) is 0 Å².